The number of esters is 1. The van der Waals surface area contributed by atoms with Crippen LogP contribution in [0.2, 0.25) is 0 Å². The number of allylic oxidation sites excluding steroid dienone is 1. The van der Waals surface area contributed by atoms with Crippen LogP contribution < -0.4 is 0 Å². The number of aromatic nitrogens is 1. The smallest absolute Gasteiger partial charge is 0.306 e. The number of rotatable bonds is 17. The Hall–Kier alpha value is -1.83. The molecule has 0 aliphatic heterocycles. The lowest BCUT2D eigenvalue weighted by molar-refractivity contribution is -0.147. The van der Waals surface area contributed by atoms with Crippen molar-refractivity contribution in [2.75, 3.05) is 0 Å². The van der Waals surface area contributed by atoms with Gasteiger partial charge in [-0.1, -0.05) is 45.8 Å². The van der Waals surface area contributed by atoms with Crippen molar-refractivity contribution in [1.82, 2.24) is 4.98 Å². The van der Waals surface area contributed by atoms with Crippen molar-refractivity contribution in [3.8, 4) is 0 Å². The van der Waals surface area contributed by atoms with E-state index in [0.717, 1.165) is 43.4 Å². The number of thiazole rings is 1. The molecule has 0 saturated heterocycles. The molecule has 0 spiro atoms. The van der Waals surface area contributed by atoms with Crippen LogP contribution in [-0.2, 0) is 20.9 Å². The highest BCUT2D eigenvalue weighted by molar-refractivity contribution is 7.09. The highest BCUT2D eigenvalue weighted by Crippen LogP contribution is 2.23. The Kier molecular flexibility index (Phi) is 15.0. The van der Waals surface area contributed by atoms with E-state index in [1.54, 1.807) is 0 Å². The first-order chi connectivity index (χ1) is 16.6. The second-order valence-electron chi connectivity index (χ2n) is 9.55. The standard InChI is InChI=1S/C28H45NO5S/c1-7-9-13-27(32)34-25(21(5)16-23-18-35-26(17-30)29-23)15-14-19(3)11-10-12-20(4)28(33)22(6)24(31)8-2/h14,16,18,20,22,25,28,30,33H,7-13,15,17H2,1-6H3/b19-14-,21-16+. The molecule has 0 radical (unpaired) electrons. The Balaban J connectivity index is 2.74. The van der Waals surface area contributed by atoms with Crippen molar-refractivity contribution in [1.29, 1.82) is 0 Å². The van der Waals surface area contributed by atoms with Crippen molar-refractivity contribution < 1.29 is 24.5 Å². The van der Waals surface area contributed by atoms with Crippen molar-refractivity contribution in [3.63, 3.8) is 0 Å². The summed E-state index contributed by atoms with van der Waals surface area (Å²) in [5.41, 5.74) is 2.89. The van der Waals surface area contributed by atoms with Gasteiger partial charge in [-0.25, -0.2) is 4.98 Å². The fourth-order valence-corrected chi connectivity index (χ4v) is 4.56. The molecule has 1 rings (SSSR count). The van der Waals surface area contributed by atoms with Crippen molar-refractivity contribution in [2.24, 2.45) is 11.8 Å². The number of hydrogen-bond donors (Lipinski definition) is 2. The average molecular weight is 508 g/mol. The second-order valence-corrected chi connectivity index (χ2v) is 10.5. The van der Waals surface area contributed by atoms with Gasteiger partial charge in [-0.15, -0.1) is 11.3 Å². The van der Waals surface area contributed by atoms with Gasteiger partial charge in [0.2, 0.25) is 0 Å². The van der Waals surface area contributed by atoms with E-state index in [4.69, 9.17) is 4.74 Å². The van der Waals surface area contributed by atoms with Crippen molar-refractivity contribution >= 4 is 29.2 Å². The Labute approximate surface area is 215 Å². The Morgan fingerprint density at radius 1 is 1.17 bits per heavy atom. The van der Waals surface area contributed by atoms with Crippen LogP contribution >= 0.6 is 11.3 Å². The van der Waals surface area contributed by atoms with E-state index in [1.807, 2.05) is 46.1 Å². The van der Waals surface area contributed by atoms with E-state index >= 15 is 0 Å². The summed E-state index contributed by atoms with van der Waals surface area (Å²) in [6.07, 6.45) is 8.92. The van der Waals surface area contributed by atoms with Gasteiger partial charge in [0, 0.05) is 30.6 Å². The maximum atomic E-state index is 12.3. The van der Waals surface area contributed by atoms with Gasteiger partial charge in [-0.3, -0.25) is 9.59 Å². The van der Waals surface area contributed by atoms with Crippen LogP contribution in [-0.4, -0.2) is 39.2 Å². The van der Waals surface area contributed by atoms with E-state index in [9.17, 15) is 19.8 Å². The molecule has 1 aromatic heterocycles. The molecule has 0 amide bonds. The SMILES string of the molecule is CCCCC(=O)OC(C/C=C(/C)CCCC(C)C(O)C(C)C(=O)CC)/C(C)=C/c1csc(CO)n1. The lowest BCUT2D eigenvalue weighted by atomic mass is 9.86. The van der Waals surface area contributed by atoms with E-state index in [0.29, 0.717) is 24.3 Å². The first kappa shape index (κ1) is 31.2. The Morgan fingerprint density at radius 3 is 2.49 bits per heavy atom. The van der Waals surface area contributed by atoms with Crippen molar-refractivity contribution in [3.05, 3.63) is 33.3 Å². The third-order valence-electron chi connectivity index (χ3n) is 6.46. The molecule has 0 fully saturated rings. The quantitative estimate of drug-likeness (QED) is 0.191. The third kappa shape index (κ3) is 11.6. The van der Waals surface area contributed by atoms with Gasteiger partial charge in [-0.2, -0.15) is 0 Å². The molecule has 0 aliphatic carbocycles. The molecule has 1 aromatic rings. The molecular weight excluding hydrogens is 462 g/mol. The molecule has 6 nitrogen and oxygen atoms in total. The molecule has 4 unspecified atom stereocenters. The molecule has 0 aliphatic rings. The summed E-state index contributed by atoms with van der Waals surface area (Å²) in [6.45, 7) is 11.6. The van der Waals surface area contributed by atoms with Gasteiger partial charge >= 0.3 is 5.97 Å². The molecule has 1 heterocycles. The maximum absolute atomic E-state index is 12.3. The molecule has 0 bridgehead atoms. The van der Waals surface area contributed by atoms with E-state index in [-0.39, 0.29) is 36.3 Å². The van der Waals surface area contributed by atoms with Crippen LogP contribution in [0.15, 0.2) is 22.6 Å². The Morgan fingerprint density at radius 2 is 1.89 bits per heavy atom. The van der Waals surface area contributed by atoms with Gasteiger partial charge in [0.05, 0.1) is 18.4 Å². The highest BCUT2D eigenvalue weighted by atomic mass is 32.1. The molecule has 7 heteroatoms. The summed E-state index contributed by atoms with van der Waals surface area (Å²) in [5, 5.41) is 22.3. The minimum atomic E-state index is -0.608. The largest absolute Gasteiger partial charge is 0.457 e. The molecule has 0 aromatic carbocycles. The number of nitrogens with zero attached hydrogens (tertiary/aromatic N) is 1. The molecule has 35 heavy (non-hydrogen) atoms. The van der Waals surface area contributed by atoms with Crippen LogP contribution in [0.3, 0.4) is 0 Å². The van der Waals surface area contributed by atoms with Gasteiger partial charge in [0.1, 0.15) is 16.9 Å². The van der Waals surface area contributed by atoms with Crippen LogP contribution in [0.1, 0.15) is 104 Å². The fraction of sp³-hybridized carbons (Fsp3) is 0.679. The zero-order chi connectivity index (χ0) is 26.4. The lowest BCUT2D eigenvalue weighted by Gasteiger charge is -2.24. The van der Waals surface area contributed by atoms with Gasteiger partial charge < -0.3 is 14.9 Å². The van der Waals surface area contributed by atoms with E-state index in [2.05, 4.69) is 18.0 Å². The first-order valence-corrected chi connectivity index (χ1v) is 13.8. The number of aliphatic hydroxyl groups is 2. The summed E-state index contributed by atoms with van der Waals surface area (Å²) in [7, 11) is 0. The first-order valence-electron chi connectivity index (χ1n) is 12.9. The average Bonchev–Trinajstić information content (AvgIpc) is 3.30. The Bertz CT molecular complexity index is 844. The zero-order valence-corrected chi connectivity index (χ0v) is 23.2. The van der Waals surface area contributed by atoms with Crippen LogP contribution in [0, 0.1) is 11.8 Å². The highest BCUT2D eigenvalue weighted by Gasteiger charge is 2.25. The number of hydrogen-bond acceptors (Lipinski definition) is 7. The van der Waals surface area contributed by atoms with Gasteiger partial charge in [-0.05, 0) is 57.1 Å². The number of ketones is 1. The topological polar surface area (TPSA) is 96.7 Å². The van der Waals surface area contributed by atoms with Gasteiger partial charge in [0.25, 0.3) is 0 Å². The maximum Gasteiger partial charge on any atom is 0.306 e. The van der Waals surface area contributed by atoms with Gasteiger partial charge in [0.15, 0.2) is 0 Å². The second kappa shape index (κ2) is 16.8. The minimum Gasteiger partial charge on any atom is -0.457 e. The van der Waals surface area contributed by atoms with Crippen LogP contribution in [0.5, 0.6) is 0 Å². The molecule has 0 saturated carbocycles. The van der Waals surface area contributed by atoms with E-state index < -0.39 is 6.10 Å². The predicted octanol–water partition coefficient (Wildman–Crippen LogP) is 6.26. The predicted molar refractivity (Wildman–Crippen MR) is 143 cm³/mol. The number of unbranched alkanes of at least 4 members (excludes halogenated alkanes) is 1. The van der Waals surface area contributed by atoms with Crippen molar-refractivity contribution in [2.45, 2.75) is 112 Å². The number of Topliss-reactive ketones (excluding diaryl/α,β-unsaturated/α-hetero) is 1. The summed E-state index contributed by atoms with van der Waals surface area (Å²) in [4.78, 5) is 28.6. The summed E-state index contributed by atoms with van der Waals surface area (Å²) in [6, 6.07) is 0. The van der Waals surface area contributed by atoms with Crippen LogP contribution in [0.25, 0.3) is 6.08 Å². The summed E-state index contributed by atoms with van der Waals surface area (Å²) in [5.74, 6) is -0.347. The number of ether oxygens (including phenoxy) is 1. The van der Waals surface area contributed by atoms with Crippen LogP contribution in [0.4, 0.5) is 0 Å². The normalized spacial score (nSPS) is 16.0. The monoisotopic (exact) mass is 507 g/mol. The molecule has 198 valence electrons. The number of carbonyl (C=O) groups is 2. The molecular formula is C28H45NO5S. The minimum absolute atomic E-state index is 0.0627. The zero-order valence-electron chi connectivity index (χ0n) is 22.4. The summed E-state index contributed by atoms with van der Waals surface area (Å²) >= 11 is 1.40. The number of carbonyl (C=O) groups excluding carboxylic acids is 2. The molecule has 2 N–H and O–H groups in total. The lowest BCUT2D eigenvalue weighted by Crippen LogP contribution is -2.31. The molecule has 4 atom stereocenters. The fourth-order valence-electron chi connectivity index (χ4n) is 3.95. The summed E-state index contributed by atoms with van der Waals surface area (Å²) < 4.78 is 5.81. The third-order valence-corrected chi connectivity index (χ3v) is 7.31. The number of aliphatic hydroxyl groups excluding tert-OH is 2. The van der Waals surface area contributed by atoms with E-state index in [1.165, 1.54) is 16.9 Å².